The molecule has 0 bridgehead atoms. The number of hydrogen-bond acceptors (Lipinski definition) is 4. The van der Waals surface area contributed by atoms with Crippen LogP contribution in [0.3, 0.4) is 0 Å². The van der Waals surface area contributed by atoms with Gasteiger partial charge in [-0.3, -0.25) is 9.59 Å². The summed E-state index contributed by atoms with van der Waals surface area (Å²) in [4.78, 5) is 34.7. The molecule has 0 unspecified atom stereocenters. The molecular weight excluding hydrogens is 320 g/mol. The minimum atomic E-state index is -0.520. The third-order valence-corrected chi connectivity index (χ3v) is 3.25. The Balaban J connectivity index is 2.04. The molecule has 0 aliphatic heterocycles. The van der Waals surface area contributed by atoms with Crippen LogP contribution in [0.15, 0.2) is 54.6 Å². The molecule has 2 amide bonds. The van der Waals surface area contributed by atoms with E-state index < -0.39 is 5.97 Å². The zero-order valence-corrected chi connectivity index (χ0v) is 13.9. The van der Waals surface area contributed by atoms with E-state index in [0.29, 0.717) is 11.4 Å². The van der Waals surface area contributed by atoms with Crippen molar-refractivity contribution in [2.75, 3.05) is 17.7 Å². The fourth-order valence-electron chi connectivity index (χ4n) is 2.11. The van der Waals surface area contributed by atoms with Gasteiger partial charge in [-0.2, -0.15) is 0 Å². The number of carbonyl (C=O) groups excluding carboxylic acids is 3. The summed E-state index contributed by atoms with van der Waals surface area (Å²) in [5.74, 6) is -1.04. The number of hydrogen-bond donors (Lipinski definition) is 2. The van der Waals surface area contributed by atoms with Crippen LogP contribution >= 0.6 is 0 Å². The molecule has 0 aliphatic rings. The molecule has 2 N–H and O–H groups in total. The van der Waals surface area contributed by atoms with Gasteiger partial charge in [-0.25, -0.2) is 4.79 Å². The predicted octanol–water partition coefficient (Wildman–Crippen LogP) is 3.08. The van der Waals surface area contributed by atoms with Crippen LogP contribution in [0.5, 0.6) is 0 Å². The molecule has 0 atom stereocenters. The van der Waals surface area contributed by atoms with E-state index in [4.69, 9.17) is 0 Å². The molecular formula is C19H18N2O4. The zero-order valence-electron chi connectivity index (χ0n) is 13.9. The van der Waals surface area contributed by atoms with Gasteiger partial charge in [0.15, 0.2) is 0 Å². The number of carbonyl (C=O) groups is 3. The fraction of sp³-hybridized carbons (Fsp3) is 0.105. The number of para-hydroxylation sites is 1. The van der Waals surface area contributed by atoms with E-state index in [0.717, 1.165) is 5.56 Å². The maximum atomic E-state index is 12.1. The Morgan fingerprint density at radius 2 is 1.64 bits per heavy atom. The van der Waals surface area contributed by atoms with E-state index in [1.165, 1.54) is 20.1 Å². The molecule has 0 aliphatic carbocycles. The first-order valence-electron chi connectivity index (χ1n) is 7.53. The Morgan fingerprint density at radius 1 is 0.960 bits per heavy atom. The molecule has 0 saturated heterocycles. The Labute approximate surface area is 145 Å². The van der Waals surface area contributed by atoms with Gasteiger partial charge in [0.25, 0.3) is 0 Å². The van der Waals surface area contributed by atoms with Gasteiger partial charge in [0.1, 0.15) is 0 Å². The molecule has 0 spiro atoms. The van der Waals surface area contributed by atoms with E-state index >= 15 is 0 Å². The third-order valence-electron chi connectivity index (χ3n) is 3.25. The maximum Gasteiger partial charge on any atom is 0.339 e. The molecule has 0 heterocycles. The molecule has 2 aromatic carbocycles. The number of rotatable bonds is 5. The highest BCUT2D eigenvalue weighted by Gasteiger charge is 2.11. The zero-order chi connectivity index (χ0) is 18.2. The van der Waals surface area contributed by atoms with E-state index in [-0.39, 0.29) is 17.4 Å². The van der Waals surface area contributed by atoms with Crippen molar-refractivity contribution in [2.45, 2.75) is 6.92 Å². The number of methoxy groups -OCH3 is 1. The summed E-state index contributed by atoms with van der Waals surface area (Å²) >= 11 is 0. The van der Waals surface area contributed by atoms with Crippen LogP contribution in [0, 0.1) is 0 Å². The first-order chi connectivity index (χ1) is 12.0. The maximum absolute atomic E-state index is 12.1. The van der Waals surface area contributed by atoms with Gasteiger partial charge < -0.3 is 15.4 Å². The van der Waals surface area contributed by atoms with Gasteiger partial charge in [0.05, 0.1) is 18.4 Å². The van der Waals surface area contributed by atoms with Gasteiger partial charge in [-0.05, 0) is 35.9 Å². The lowest BCUT2D eigenvalue weighted by atomic mass is 10.1. The van der Waals surface area contributed by atoms with Crippen molar-refractivity contribution in [3.63, 3.8) is 0 Å². The molecule has 2 rings (SSSR count). The summed E-state index contributed by atoms with van der Waals surface area (Å²) in [5, 5.41) is 5.32. The Bertz CT molecular complexity index is 810. The minimum Gasteiger partial charge on any atom is -0.465 e. The summed E-state index contributed by atoms with van der Waals surface area (Å²) in [6.45, 7) is 1.43. The molecule has 0 fully saturated rings. The second kappa shape index (κ2) is 8.44. The Kier molecular flexibility index (Phi) is 6.06. The molecule has 128 valence electrons. The summed E-state index contributed by atoms with van der Waals surface area (Å²) < 4.78 is 4.69. The topological polar surface area (TPSA) is 84.5 Å². The number of nitrogens with one attached hydrogen (secondary N) is 2. The number of amides is 2. The second-order valence-corrected chi connectivity index (χ2v) is 5.16. The van der Waals surface area contributed by atoms with Crippen molar-refractivity contribution >= 4 is 35.2 Å². The van der Waals surface area contributed by atoms with Crippen LogP contribution < -0.4 is 10.6 Å². The van der Waals surface area contributed by atoms with Crippen molar-refractivity contribution in [3.8, 4) is 0 Å². The number of esters is 1. The number of anilines is 2. The average molecular weight is 338 g/mol. The predicted molar refractivity (Wildman–Crippen MR) is 96.2 cm³/mol. The molecule has 6 heteroatoms. The lowest BCUT2D eigenvalue weighted by Gasteiger charge is -2.07. The molecule has 6 nitrogen and oxygen atoms in total. The fourth-order valence-corrected chi connectivity index (χ4v) is 2.11. The van der Waals surface area contributed by atoms with Crippen LogP contribution in [0.2, 0.25) is 0 Å². The van der Waals surface area contributed by atoms with Crippen molar-refractivity contribution in [2.24, 2.45) is 0 Å². The van der Waals surface area contributed by atoms with E-state index in [1.54, 1.807) is 54.6 Å². The number of ether oxygens (including phenoxy) is 1. The Hall–Kier alpha value is -3.41. The molecule has 0 radical (unpaired) electrons. The van der Waals surface area contributed by atoms with Crippen molar-refractivity contribution < 1.29 is 19.1 Å². The van der Waals surface area contributed by atoms with E-state index in [2.05, 4.69) is 15.4 Å². The summed E-state index contributed by atoms with van der Waals surface area (Å²) in [5.41, 5.74) is 2.14. The largest absolute Gasteiger partial charge is 0.465 e. The highest BCUT2D eigenvalue weighted by Crippen LogP contribution is 2.16. The van der Waals surface area contributed by atoms with Crippen LogP contribution in [-0.2, 0) is 14.3 Å². The van der Waals surface area contributed by atoms with Gasteiger partial charge in [-0.15, -0.1) is 0 Å². The standard InChI is InChI=1S/C19H18N2O4/c1-13(22)20-15-10-7-14(8-11-15)9-12-18(23)21-17-6-4-3-5-16(17)19(24)25-2/h3-12H,1-2H3,(H,20,22)(H,21,23)/b12-9+. The van der Waals surface area contributed by atoms with Gasteiger partial charge in [-0.1, -0.05) is 24.3 Å². The number of benzene rings is 2. The lowest BCUT2D eigenvalue weighted by molar-refractivity contribution is -0.114. The van der Waals surface area contributed by atoms with Gasteiger partial charge >= 0.3 is 5.97 Å². The SMILES string of the molecule is COC(=O)c1ccccc1NC(=O)/C=C/c1ccc(NC(C)=O)cc1. The molecule has 0 aromatic heterocycles. The first kappa shape index (κ1) is 17.9. The van der Waals surface area contributed by atoms with Crippen molar-refractivity contribution in [3.05, 3.63) is 65.7 Å². The van der Waals surface area contributed by atoms with Gasteiger partial charge in [0, 0.05) is 18.7 Å². The average Bonchev–Trinajstić information content (AvgIpc) is 2.60. The van der Waals surface area contributed by atoms with Crippen molar-refractivity contribution in [1.29, 1.82) is 0 Å². The smallest absolute Gasteiger partial charge is 0.339 e. The summed E-state index contributed by atoms with van der Waals surface area (Å²) in [7, 11) is 1.28. The minimum absolute atomic E-state index is 0.146. The normalized spacial score (nSPS) is 10.3. The van der Waals surface area contributed by atoms with E-state index in [1.807, 2.05) is 0 Å². The highest BCUT2D eigenvalue weighted by molar-refractivity contribution is 6.06. The monoisotopic (exact) mass is 338 g/mol. The Morgan fingerprint density at radius 3 is 2.28 bits per heavy atom. The first-order valence-corrected chi connectivity index (χ1v) is 7.53. The van der Waals surface area contributed by atoms with Crippen molar-refractivity contribution in [1.82, 2.24) is 0 Å². The lowest BCUT2D eigenvalue weighted by Crippen LogP contribution is -2.12. The van der Waals surface area contributed by atoms with E-state index in [9.17, 15) is 14.4 Å². The molecule has 0 saturated carbocycles. The van der Waals surface area contributed by atoms with Crippen LogP contribution in [-0.4, -0.2) is 24.9 Å². The highest BCUT2D eigenvalue weighted by atomic mass is 16.5. The summed E-state index contributed by atoms with van der Waals surface area (Å²) in [6, 6.07) is 13.6. The summed E-state index contributed by atoms with van der Waals surface area (Å²) in [6.07, 6.45) is 3.00. The van der Waals surface area contributed by atoms with Crippen LogP contribution in [0.4, 0.5) is 11.4 Å². The van der Waals surface area contributed by atoms with Gasteiger partial charge in [0.2, 0.25) is 11.8 Å². The third kappa shape index (κ3) is 5.31. The quantitative estimate of drug-likeness (QED) is 0.648. The second-order valence-electron chi connectivity index (χ2n) is 5.16. The molecule has 2 aromatic rings. The van der Waals surface area contributed by atoms with Crippen LogP contribution in [0.1, 0.15) is 22.8 Å². The molecule has 25 heavy (non-hydrogen) atoms. The van der Waals surface area contributed by atoms with Crippen LogP contribution in [0.25, 0.3) is 6.08 Å².